The van der Waals surface area contributed by atoms with Crippen molar-refractivity contribution in [2.24, 2.45) is 0 Å². The zero-order valence-electron chi connectivity index (χ0n) is 14.3. The topological polar surface area (TPSA) is 74.8 Å². The molecule has 2 aromatic rings. The summed E-state index contributed by atoms with van der Waals surface area (Å²) in [6.45, 7) is 3.70. The van der Waals surface area contributed by atoms with E-state index in [1.165, 1.54) is 37.7 Å². The number of aromatic amines is 1. The molecule has 0 bridgehead atoms. The zero-order chi connectivity index (χ0) is 17.2. The van der Waals surface area contributed by atoms with E-state index in [2.05, 4.69) is 27.1 Å². The first kappa shape index (κ1) is 17.2. The Morgan fingerprint density at radius 3 is 2.38 bits per heavy atom. The number of aromatic nitrogens is 2. The molecule has 1 fully saturated rings. The molecule has 5 nitrogen and oxygen atoms in total. The summed E-state index contributed by atoms with van der Waals surface area (Å²) in [5.41, 5.74) is 3.40. The fraction of sp³-hybridized carbons (Fsp3) is 0.500. The lowest BCUT2D eigenvalue weighted by Crippen LogP contribution is -2.24. The Hall–Kier alpha value is -1.66. The Labute approximate surface area is 143 Å². The van der Waals surface area contributed by atoms with E-state index in [-0.39, 0.29) is 11.4 Å². The SMILES string of the molecule is Cc1n[nH]c(C)c1S(=O)(=O)NCc1ccc(C2CCCCC2)cc1. The Bertz CT molecular complexity index is 769. The first-order chi connectivity index (χ1) is 11.5. The first-order valence-corrected chi connectivity index (χ1v) is 10.1. The van der Waals surface area contributed by atoms with Gasteiger partial charge in [-0.1, -0.05) is 43.5 Å². The van der Waals surface area contributed by atoms with Crippen molar-refractivity contribution >= 4 is 10.0 Å². The van der Waals surface area contributed by atoms with Crippen molar-refractivity contribution in [3.05, 3.63) is 46.8 Å². The smallest absolute Gasteiger partial charge is 0.244 e. The minimum atomic E-state index is -3.55. The predicted octanol–water partition coefficient (Wildman–Crippen LogP) is 3.55. The third-order valence-corrected chi connectivity index (χ3v) is 6.52. The molecule has 0 atom stereocenters. The molecule has 1 aromatic carbocycles. The van der Waals surface area contributed by atoms with Crippen LogP contribution in [0.25, 0.3) is 0 Å². The highest BCUT2D eigenvalue weighted by Gasteiger charge is 2.22. The molecule has 130 valence electrons. The maximum atomic E-state index is 12.5. The maximum absolute atomic E-state index is 12.5. The standard InChI is InChI=1S/C18H25N3O2S/c1-13-18(14(2)21-20-13)24(22,23)19-12-15-8-10-17(11-9-15)16-6-4-3-5-7-16/h8-11,16,19H,3-7,12H2,1-2H3,(H,20,21). The van der Waals surface area contributed by atoms with E-state index in [1.54, 1.807) is 13.8 Å². The van der Waals surface area contributed by atoms with Gasteiger partial charge in [0.1, 0.15) is 4.90 Å². The van der Waals surface area contributed by atoms with Crippen LogP contribution in [0.2, 0.25) is 0 Å². The number of sulfonamides is 1. The molecule has 0 unspecified atom stereocenters. The molecule has 0 saturated heterocycles. The first-order valence-electron chi connectivity index (χ1n) is 8.57. The maximum Gasteiger partial charge on any atom is 0.244 e. The highest BCUT2D eigenvalue weighted by Crippen LogP contribution is 2.32. The van der Waals surface area contributed by atoms with E-state index in [4.69, 9.17) is 0 Å². The average Bonchev–Trinajstić information content (AvgIpc) is 2.94. The molecular formula is C18H25N3O2S. The third kappa shape index (κ3) is 3.70. The highest BCUT2D eigenvalue weighted by molar-refractivity contribution is 7.89. The summed E-state index contributed by atoms with van der Waals surface area (Å²) in [7, 11) is -3.55. The quantitative estimate of drug-likeness (QED) is 0.868. The number of rotatable bonds is 5. The van der Waals surface area contributed by atoms with Gasteiger partial charge in [0.15, 0.2) is 0 Å². The monoisotopic (exact) mass is 347 g/mol. The number of hydrogen-bond acceptors (Lipinski definition) is 3. The van der Waals surface area contributed by atoms with Crippen LogP contribution < -0.4 is 4.72 Å². The second kappa shape index (κ2) is 7.07. The summed E-state index contributed by atoms with van der Waals surface area (Å²) in [4.78, 5) is 0.251. The molecule has 0 spiro atoms. The van der Waals surface area contributed by atoms with Gasteiger partial charge in [-0.2, -0.15) is 5.10 Å². The van der Waals surface area contributed by atoms with Gasteiger partial charge in [0, 0.05) is 6.54 Å². The van der Waals surface area contributed by atoms with Gasteiger partial charge in [-0.25, -0.2) is 13.1 Å². The van der Waals surface area contributed by atoms with Crippen LogP contribution >= 0.6 is 0 Å². The molecule has 1 heterocycles. The van der Waals surface area contributed by atoms with Crippen molar-refractivity contribution in [3.8, 4) is 0 Å². The van der Waals surface area contributed by atoms with Crippen LogP contribution in [0.15, 0.2) is 29.2 Å². The second-order valence-corrected chi connectivity index (χ2v) is 8.37. The van der Waals surface area contributed by atoms with E-state index in [1.807, 2.05) is 12.1 Å². The molecule has 24 heavy (non-hydrogen) atoms. The number of nitrogens with one attached hydrogen (secondary N) is 2. The molecule has 1 aliphatic rings. The van der Waals surface area contributed by atoms with Gasteiger partial charge in [0.05, 0.1) is 11.4 Å². The van der Waals surface area contributed by atoms with E-state index in [0.717, 1.165) is 5.56 Å². The second-order valence-electron chi connectivity index (χ2n) is 6.66. The summed E-state index contributed by atoms with van der Waals surface area (Å²) >= 11 is 0. The van der Waals surface area contributed by atoms with Gasteiger partial charge in [-0.05, 0) is 43.7 Å². The van der Waals surface area contributed by atoms with Crippen LogP contribution in [-0.2, 0) is 16.6 Å². The average molecular weight is 347 g/mol. The summed E-state index contributed by atoms with van der Waals surface area (Å²) in [5, 5.41) is 6.67. The van der Waals surface area contributed by atoms with Crippen molar-refractivity contribution in [3.63, 3.8) is 0 Å². The lowest BCUT2D eigenvalue weighted by Gasteiger charge is -2.22. The van der Waals surface area contributed by atoms with Crippen LogP contribution in [0.4, 0.5) is 0 Å². The summed E-state index contributed by atoms with van der Waals surface area (Å²) < 4.78 is 27.6. The van der Waals surface area contributed by atoms with Crippen molar-refractivity contribution < 1.29 is 8.42 Å². The van der Waals surface area contributed by atoms with Gasteiger partial charge in [-0.15, -0.1) is 0 Å². The fourth-order valence-electron chi connectivity index (χ4n) is 3.53. The molecule has 0 radical (unpaired) electrons. The lowest BCUT2D eigenvalue weighted by molar-refractivity contribution is 0.443. The molecule has 1 aromatic heterocycles. The Balaban J connectivity index is 1.66. The minimum absolute atomic E-state index is 0.251. The molecule has 0 amide bonds. The Kier molecular flexibility index (Phi) is 5.06. The van der Waals surface area contributed by atoms with Crippen LogP contribution in [0, 0.1) is 13.8 Å². The number of nitrogens with zero attached hydrogens (tertiary/aromatic N) is 1. The normalized spacial score (nSPS) is 16.4. The van der Waals surface area contributed by atoms with Gasteiger partial charge in [0.2, 0.25) is 10.0 Å². The number of aryl methyl sites for hydroxylation is 2. The molecule has 1 aliphatic carbocycles. The van der Waals surface area contributed by atoms with Crippen LogP contribution in [0.3, 0.4) is 0 Å². The highest BCUT2D eigenvalue weighted by atomic mass is 32.2. The van der Waals surface area contributed by atoms with Gasteiger partial charge >= 0.3 is 0 Å². The molecule has 1 saturated carbocycles. The number of benzene rings is 1. The lowest BCUT2D eigenvalue weighted by atomic mass is 9.84. The van der Waals surface area contributed by atoms with E-state index in [0.29, 0.717) is 17.3 Å². The molecule has 0 aliphatic heterocycles. The summed E-state index contributed by atoms with van der Waals surface area (Å²) in [6.07, 6.45) is 6.52. The van der Waals surface area contributed by atoms with Gasteiger partial charge in [0.25, 0.3) is 0 Å². The number of H-pyrrole nitrogens is 1. The van der Waals surface area contributed by atoms with Gasteiger partial charge < -0.3 is 0 Å². The van der Waals surface area contributed by atoms with Crippen LogP contribution in [0.1, 0.15) is 60.5 Å². The molecule has 3 rings (SSSR count). The fourth-order valence-corrected chi connectivity index (χ4v) is 4.92. The van der Waals surface area contributed by atoms with Crippen molar-refractivity contribution in [2.75, 3.05) is 0 Å². The summed E-state index contributed by atoms with van der Waals surface area (Å²) in [5.74, 6) is 0.667. The van der Waals surface area contributed by atoms with Crippen molar-refractivity contribution in [2.45, 2.75) is 63.3 Å². The van der Waals surface area contributed by atoms with Crippen molar-refractivity contribution in [1.82, 2.24) is 14.9 Å². The third-order valence-electron chi connectivity index (χ3n) is 4.85. The van der Waals surface area contributed by atoms with Crippen molar-refractivity contribution in [1.29, 1.82) is 0 Å². The molecular weight excluding hydrogens is 322 g/mol. The molecule has 6 heteroatoms. The predicted molar refractivity (Wildman–Crippen MR) is 94.4 cm³/mol. The van der Waals surface area contributed by atoms with E-state index < -0.39 is 10.0 Å². The van der Waals surface area contributed by atoms with Crippen LogP contribution in [0.5, 0.6) is 0 Å². The zero-order valence-corrected chi connectivity index (χ0v) is 15.1. The molecule has 2 N–H and O–H groups in total. The van der Waals surface area contributed by atoms with E-state index in [9.17, 15) is 8.42 Å². The minimum Gasteiger partial charge on any atom is -0.281 e. The summed E-state index contributed by atoms with van der Waals surface area (Å²) in [6, 6.07) is 8.35. The van der Waals surface area contributed by atoms with Gasteiger partial charge in [-0.3, -0.25) is 5.10 Å². The number of hydrogen-bond donors (Lipinski definition) is 2. The Morgan fingerprint density at radius 2 is 1.79 bits per heavy atom. The van der Waals surface area contributed by atoms with Crippen LogP contribution in [-0.4, -0.2) is 18.6 Å². The largest absolute Gasteiger partial charge is 0.281 e. The van der Waals surface area contributed by atoms with E-state index >= 15 is 0 Å². The Morgan fingerprint density at radius 1 is 1.12 bits per heavy atom.